The van der Waals surface area contributed by atoms with E-state index in [4.69, 9.17) is 0 Å². The lowest BCUT2D eigenvalue weighted by molar-refractivity contribution is -0.384. The predicted octanol–water partition coefficient (Wildman–Crippen LogP) is 4.57. The highest BCUT2D eigenvalue weighted by atomic mass is 19.4. The molecule has 1 heterocycles. The lowest BCUT2D eigenvalue weighted by Crippen LogP contribution is -2.11. The molecule has 8 heteroatoms. The molecule has 3 rings (SSSR count). The summed E-state index contributed by atoms with van der Waals surface area (Å²) in [4.78, 5) is 10.4. The van der Waals surface area contributed by atoms with Crippen LogP contribution in [-0.4, -0.2) is 20.9 Å². The average molecular weight is 347 g/mol. The molecule has 1 aromatic heterocycles. The van der Waals surface area contributed by atoms with E-state index in [1.165, 1.54) is 16.8 Å². The zero-order valence-corrected chi connectivity index (χ0v) is 12.8. The van der Waals surface area contributed by atoms with Crippen LogP contribution in [0.25, 0.3) is 16.5 Å². The van der Waals surface area contributed by atoms with Crippen molar-refractivity contribution >= 4 is 22.2 Å². The maximum atomic E-state index is 13.0. The number of nitro benzene ring substituents is 1. The lowest BCUT2D eigenvalue weighted by Gasteiger charge is -2.07. The summed E-state index contributed by atoms with van der Waals surface area (Å²) >= 11 is 0. The second kappa shape index (κ2) is 6.04. The Morgan fingerprint density at radius 1 is 1.20 bits per heavy atom. The normalized spacial score (nSPS) is 11.6. The van der Waals surface area contributed by atoms with Crippen LogP contribution in [0.3, 0.4) is 0 Å². The maximum Gasteiger partial charge on any atom is 0.418 e. The summed E-state index contributed by atoms with van der Waals surface area (Å²) in [5, 5.41) is 15.2. The number of nitro groups is 1. The van der Waals surface area contributed by atoms with Crippen LogP contribution >= 0.6 is 0 Å². The first kappa shape index (κ1) is 16.7. The smallest absolute Gasteiger partial charge is 0.260 e. The molecule has 2 aromatic carbocycles. The molecule has 5 nitrogen and oxygen atoms in total. The number of benzene rings is 2. The first-order valence-electron chi connectivity index (χ1n) is 7.22. The Bertz CT molecular complexity index is 962. The van der Waals surface area contributed by atoms with E-state index in [1.54, 1.807) is 24.3 Å². The van der Waals surface area contributed by atoms with Crippen molar-refractivity contribution in [3.05, 3.63) is 76.5 Å². The van der Waals surface area contributed by atoms with Gasteiger partial charge in [-0.05, 0) is 11.6 Å². The minimum Gasteiger partial charge on any atom is -0.260 e. The summed E-state index contributed by atoms with van der Waals surface area (Å²) < 4.78 is 40.5. The number of nitrogens with zero attached hydrogens (tertiary/aromatic N) is 3. The molecule has 0 aliphatic carbocycles. The summed E-state index contributed by atoms with van der Waals surface area (Å²) in [6.07, 6.45) is -4.64. The fraction of sp³-hybridized carbons (Fsp3) is 0.118. The van der Waals surface area contributed by atoms with Gasteiger partial charge < -0.3 is 0 Å². The summed E-state index contributed by atoms with van der Waals surface area (Å²) in [5.41, 5.74) is -0.571. The minimum atomic E-state index is -4.64. The highest BCUT2D eigenvalue weighted by Gasteiger charge is 2.36. The molecule has 0 bridgehead atoms. The van der Waals surface area contributed by atoms with Crippen molar-refractivity contribution in [2.45, 2.75) is 12.7 Å². The number of alkyl halides is 3. The first-order chi connectivity index (χ1) is 11.8. The van der Waals surface area contributed by atoms with Gasteiger partial charge in [-0.25, -0.2) is 0 Å². The number of aromatic nitrogens is 2. The van der Waals surface area contributed by atoms with Gasteiger partial charge in [-0.3, -0.25) is 14.8 Å². The SMILES string of the molecule is C=C(c1nn(Cc2ccccc2)c2cc([N+](=O)[O-])ccc12)C(F)(F)F. The number of hydrogen-bond donors (Lipinski definition) is 0. The third-order valence-corrected chi connectivity index (χ3v) is 3.75. The van der Waals surface area contributed by atoms with Gasteiger partial charge in [-0.1, -0.05) is 36.9 Å². The molecule has 0 saturated carbocycles. The van der Waals surface area contributed by atoms with E-state index in [0.29, 0.717) is 0 Å². The monoisotopic (exact) mass is 347 g/mol. The molecule has 0 saturated heterocycles. The highest BCUT2D eigenvalue weighted by Crippen LogP contribution is 2.36. The minimum absolute atomic E-state index is 0.170. The topological polar surface area (TPSA) is 61.0 Å². The molecular formula is C17H12F3N3O2. The summed E-state index contributed by atoms with van der Waals surface area (Å²) in [6.45, 7) is 3.27. The molecular weight excluding hydrogens is 335 g/mol. The van der Waals surface area contributed by atoms with E-state index >= 15 is 0 Å². The van der Waals surface area contributed by atoms with Gasteiger partial charge in [0.15, 0.2) is 0 Å². The molecule has 0 radical (unpaired) electrons. The van der Waals surface area contributed by atoms with Crippen molar-refractivity contribution in [2.24, 2.45) is 0 Å². The van der Waals surface area contributed by atoms with Crippen LogP contribution in [0.15, 0.2) is 55.1 Å². The molecule has 0 atom stereocenters. The van der Waals surface area contributed by atoms with E-state index in [-0.39, 0.29) is 28.8 Å². The van der Waals surface area contributed by atoms with Crippen molar-refractivity contribution in [2.75, 3.05) is 0 Å². The molecule has 0 aliphatic rings. The van der Waals surface area contributed by atoms with Crippen LogP contribution in [0.2, 0.25) is 0 Å². The van der Waals surface area contributed by atoms with Gasteiger partial charge in [0.05, 0.1) is 22.6 Å². The van der Waals surface area contributed by atoms with Gasteiger partial charge in [0.1, 0.15) is 5.69 Å². The Balaban J connectivity index is 2.18. The largest absolute Gasteiger partial charge is 0.418 e. The second-order valence-corrected chi connectivity index (χ2v) is 5.43. The van der Waals surface area contributed by atoms with Crippen LogP contribution in [0.1, 0.15) is 11.3 Å². The van der Waals surface area contributed by atoms with Crippen molar-refractivity contribution < 1.29 is 18.1 Å². The zero-order chi connectivity index (χ0) is 18.2. The number of allylic oxidation sites excluding steroid dienone is 1. The number of hydrogen-bond acceptors (Lipinski definition) is 3. The van der Waals surface area contributed by atoms with Gasteiger partial charge >= 0.3 is 6.18 Å². The molecule has 3 aromatic rings. The molecule has 0 amide bonds. The number of rotatable bonds is 4. The van der Waals surface area contributed by atoms with E-state index in [9.17, 15) is 23.3 Å². The average Bonchev–Trinajstić information content (AvgIpc) is 2.92. The first-order valence-corrected chi connectivity index (χ1v) is 7.22. The summed E-state index contributed by atoms with van der Waals surface area (Å²) in [5.74, 6) is 0. The van der Waals surface area contributed by atoms with Crippen LogP contribution in [0, 0.1) is 10.1 Å². The van der Waals surface area contributed by atoms with Crippen molar-refractivity contribution in [1.82, 2.24) is 9.78 Å². The molecule has 0 fully saturated rings. The third kappa shape index (κ3) is 3.23. The molecule has 25 heavy (non-hydrogen) atoms. The number of fused-ring (bicyclic) bond motifs is 1. The van der Waals surface area contributed by atoms with Crippen LogP contribution in [0.4, 0.5) is 18.9 Å². The Morgan fingerprint density at radius 2 is 1.88 bits per heavy atom. The fourth-order valence-corrected chi connectivity index (χ4v) is 2.51. The van der Waals surface area contributed by atoms with Crippen molar-refractivity contribution in [3.8, 4) is 0 Å². The Morgan fingerprint density at radius 3 is 2.48 bits per heavy atom. The molecule has 128 valence electrons. The van der Waals surface area contributed by atoms with E-state index in [0.717, 1.165) is 11.6 Å². The van der Waals surface area contributed by atoms with Gasteiger partial charge in [-0.2, -0.15) is 18.3 Å². The van der Waals surface area contributed by atoms with Gasteiger partial charge in [0.25, 0.3) is 5.69 Å². The standard InChI is InChI=1S/C17H12F3N3O2/c1-11(17(18,19)20)16-14-8-7-13(23(24)25)9-15(14)22(21-16)10-12-5-3-2-4-6-12/h2-9H,1,10H2. The quantitative estimate of drug-likeness (QED) is 0.513. The fourth-order valence-electron chi connectivity index (χ4n) is 2.51. The lowest BCUT2D eigenvalue weighted by atomic mass is 10.1. The van der Waals surface area contributed by atoms with Crippen LogP contribution in [0.5, 0.6) is 0 Å². The van der Waals surface area contributed by atoms with Gasteiger partial charge in [0, 0.05) is 17.5 Å². The van der Waals surface area contributed by atoms with E-state index in [2.05, 4.69) is 11.7 Å². The Kier molecular flexibility index (Phi) is 4.03. The molecule has 0 N–H and O–H groups in total. The van der Waals surface area contributed by atoms with Gasteiger partial charge in [0.2, 0.25) is 0 Å². The number of halogens is 3. The summed E-state index contributed by atoms with van der Waals surface area (Å²) in [7, 11) is 0. The van der Waals surface area contributed by atoms with E-state index in [1.807, 2.05) is 6.07 Å². The van der Waals surface area contributed by atoms with E-state index < -0.39 is 16.7 Å². The Hall–Kier alpha value is -3.16. The zero-order valence-electron chi connectivity index (χ0n) is 12.8. The Labute approximate surface area is 140 Å². The van der Waals surface area contributed by atoms with Gasteiger partial charge in [-0.15, -0.1) is 0 Å². The molecule has 0 aliphatic heterocycles. The highest BCUT2D eigenvalue weighted by molar-refractivity contribution is 5.92. The van der Waals surface area contributed by atoms with Crippen molar-refractivity contribution in [1.29, 1.82) is 0 Å². The molecule has 0 unspecified atom stereocenters. The molecule has 0 spiro atoms. The maximum absolute atomic E-state index is 13.0. The second-order valence-electron chi connectivity index (χ2n) is 5.43. The third-order valence-electron chi connectivity index (χ3n) is 3.75. The summed E-state index contributed by atoms with van der Waals surface area (Å²) in [6, 6.07) is 12.6. The van der Waals surface area contributed by atoms with Crippen LogP contribution in [-0.2, 0) is 6.54 Å². The predicted molar refractivity (Wildman–Crippen MR) is 87.0 cm³/mol. The van der Waals surface area contributed by atoms with Crippen molar-refractivity contribution in [3.63, 3.8) is 0 Å². The van der Waals surface area contributed by atoms with Crippen LogP contribution < -0.4 is 0 Å². The number of non-ortho nitro benzene ring substituents is 1.